The van der Waals surface area contributed by atoms with E-state index in [0.717, 1.165) is 17.1 Å². The van der Waals surface area contributed by atoms with Crippen molar-refractivity contribution in [2.24, 2.45) is 0 Å². The van der Waals surface area contributed by atoms with E-state index < -0.39 is 29.6 Å². The Bertz CT molecular complexity index is 528. The molecule has 20 heavy (non-hydrogen) atoms. The minimum atomic E-state index is -4.46. The van der Waals surface area contributed by atoms with Gasteiger partial charge in [0, 0.05) is 6.54 Å². The minimum Gasteiger partial charge on any atom is -0.332 e. The van der Waals surface area contributed by atoms with E-state index in [-0.39, 0.29) is 12.2 Å². The molecular formula is C10H11F3N4O3. The monoisotopic (exact) mass is 292 g/mol. The van der Waals surface area contributed by atoms with Crippen LogP contribution in [-0.4, -0.2) is 44.8 Å². The Hall–Kier alpha value is -2.13. The molecule has 1 aliphatic heterocycles. The summed E-state index contributed by atoms with van der Waals surface area (Å²) in [5.41, 5.74) is -0.300. The Labute approximate surface area is 111 Å². The molecular weight excluding hydrogens is 281 g/mol. The van der Waals surface area contributed by atoms with E-state index in [0.29, 0.717) is 17.7 Å². The maximum absolute atomic E-state index is 12.3. The average Bonchev–Trinajstić information content (AvgIpc) is 2.79. The molecule has 1 amide bonds. The third-order valence-corrected chi connectivity index (χ3v) is 2.99. The summed E-state index contributed by atoms with van der Waals surface area (Å²) < 4.78 is 38.1. The van der Waals surface area contributed by atoms with Gasteiger partial charge in [0.15, 0.2) is 0 Å². The van der Waals surface area contributed by atoms with Gasteiger partial charge in [0.1, 0.15) is 25.0 Å². The molecule has 110 valence electrons. The van der Waals surface area contributed by atoms with E-state index in [4.69, 9.17) is 0 Å². The van der Waals surface area contributed by atoms with E-state index in [1.807, 2.05) is 0 Å². The van der Waals surface area contributed by atoms with Gasteiger partial charge in [0.25, 0.3) is 0 Å². The zero-order valence-corrected chi connectivity index (χ0v) is 10.2. The summed E-state index contributed by atoms with van der Waals surface area (Å²) >= 11 is 0. The second-order valence-corrected chi connectivity index (χ2v) is 4.47. The van der Waals surface area contributed by atoms with Gasteiger partial charge in [-0.15, -0.1) is 0 Å². The Morgan fingerprint density at radius 2 is 2.20 bits per heavy atom. The summed E-state index contributed by atoms with van der Waals surface area (Å²) in [6, 6.07) is -0.917. The van der Waals surface area contributed by atoms with Crippen LogP contribution in [0.4, 0.5) is 18.9 Å². The average molecular weight is 292 g/mol. The fourth-order valence-electron chi connectivity index (χ4n) is 2.13. The van der Waals surface area contributed by atoms with Crippen LogP contribution in [0.25, 0.3) is 0 Å². The Morgan fingerprint density at radius 3 is 2.75 bits per heavy atom. The van der Waals surface area contributed by atoms with Gasteiger partial charge in [0.05, 0.1) is 4.92 Å². The highest BCUT2D eigenvalue weighted by molar-refractivity contribution is 5.81. The molecule has 1 aromatic heterocycles. The van der Waals surface area contributed by atoms with Gasteiger partial charge >= 0.3 is 11.9 Å². The van der Waals surface area contributed by atoms with Gasteiger partial charge < -0.3 is 4.90 Å². The third-order valence-electron chi connectivity index (χ3n) is 2.99. The third kappa shape index (κ3) is 3.06. The molecule has 0 bridgehead atoms. The molecule has 0 spiro atoms. The number of rotatable bonds is 3. The summed E-state index contributed by atoms with van der Waals surface area (Å²) in [6.45, 7) is -1.29. The minimum absolute atomic E-state index is 0.0260. The molecule has 1 fully saturated rings. The maximum atomic E-state index is 12.3. The number of carbonyl (C=O) groups is 1. The van der Waals surface area contributed by atoms with Gasteiger partial charge in [-0.1, -0.05) is 0 Å². The van der Waals surface area contributed by atoms with Crippen molar-refractivity contribution in [2.75, 3.05) is 13.1 Å². The summed E-state index contributed by atoms with van der Waals surface area (Å²) in [5.74, 6) is -0.716. The molecule has 0 aromatic carbocycles. The second kappa shape index (κ2) is 5.10. The van der Waals surface area contributed by atoms with E-state index in [9.17, 15) is 28.1 Å². The lowest BCUT2D eigenvalue weighted by molar-refractivity contribution is -0.385. The van der Waals surface area contributed by atoms with Crippen molar-refractivity contribution in [3.8, 4) is 0 Å². The Kier molecular flexibility index (Phi) is 3.64. The maximum Gasteiger partial charge on any atom is 0.406 e. The number of piperidine rings is 1. The number of aromatic nitrogens is 2. The van der Waals surface area contributed by atoms with Crippen LogP contribution in [0.15, 0.2) is 12.4 Å². The van der Waals surface area contributed by atoms with Crippen LogP contribution in [-0.2, 0) is 4.79 Å². The van der Waals surface area contributed by atoms with Crippen LogP contribution in [0, 0.1) is 10.1 Å². The highest BCUT2D eigenvalue weighted by Crippen LogP contribution is 2.27. The first-order chi connectivity index (χ1) is 9.28. The zero-order valence-electron chi connectivity index (χ0n) is 10.2. The van der Waals surface area contributed by atoms with Crippen LogP contribution >= 0.6 is 0 Å². The molecule has 0 N–H and O–H groups in total. The van der Waals surface area contributed by atoms with Gasteiger partial charge in [-0.25, -0.2) is 0 Å². The summed E-state index contributed by atoms with van der Waals surface area (Å²) in [7, 11) is 0. The number of carbonyl (C=O) groups excluding carboxylic acids is 1. The lowest BCUT2D eigenvalue weighted by Gasteiger charge is -2.32. The molecule has 0 unspecified atom stereocenters. The van der Waals surface area contributed by atoms with Crippen LogP contribution in [0.2, 0.25) is 0 Å². The zero-order chi connectivity index (χ0) is 14.9. The van der Waals surface area contributed by atoms with Crippen LogP contribution in [0.1, 0.15) is 18.9 Å². The molecule has 2 rings (SSSR count). The first kappa shape index (κ1) is 14.3. The van der Waals surface area contributed by atoms with Crippen molar-refractivity contribution in [1.29, 1.82) is 0 Å². The van der Waals surface area contributed by atoms with E-state index >= 15 is 0 Å². The Morgan fingerprint density at radius 1 is 1.50 bits per heavy atom. The van der Waals surface area contributed by atoms with Crippen LogP contribution < -0.4 is 0 Å². The van der Waals surface area contributed by atoms with Gasteiger partial charge in [-0.2, -0.15) is 18.3 Å². The van der Waals surface area contributed by atoms with Crippen molar-refractivity contribution in [3.05, 3.63) is 22.5 Å². The lowest BCUT2D eigenvalue weighted by Crippen LogP contribution is -2.46. The molecule has 2 heterocycles. The van der Waals surface area contributed by atoms with E-state index in [1.165, 1.54) is 0 Å². The highest BCUT2D eigenvalue weighted by Gasteiger charge is 2.38. The fourth-order valence-corrected chi connectivity index (χ4v) is 2.13. The number of alkyl halides is 3. The second-order valence-electron chi connectivity index (χ2n) is 4.47. The topological polar surface area (TPSA) is 81.3 Å². The fraction of sp³-hybridized carbons (Fsp3) is 0.600. The normalized spacial score (nSPS) is 20.2. The molecule has 0 saturated carbocycles. The molecule has 1 atom stereocenters. The van der Waals surface area contributed by atoms with Crippen molar-refractivity contribution < 1.29 is 22.9 Å². The number of amides is 1. The summed E-state index contributed by atoms with van der Waals surface area (Å²) in [6.07, 6.45) is -1.74. The highest BCUT2D eigenvalue weighted by atomic mass is 19.4. The predicted octanol–water partition coefficient (Wildman–Crippen LogP) is 1.52. The number of nitro groups is 1. The SMILES string of the molecule is O=C1[C@@H](n2cc([N+](=O)[O-])cn2)CCCN1CC(F)(F)F. The van der Waals surface area contributed by atoms with Crippen molar-refractivity contribution >= 4 is 11.6 Å². The predicted molar refractivity (Wildman–Crippen MR) is 59.8 cm³/mol. The number of nitrogens with zero attached hydrogens (tertiary/aromatic N) is 4. The lowest BCUT2D eigenvalue weighted by atomic mass is 10.1. The molecule has 1 aliphatic rings. The number of hydrogen-bond acceptors (Lipinski definition) is 4. The van der Waals surface area contributed by atoms with Gasteiger partial charge in [-0.3, -0.25) is 19.6 Å². The van der Waals surface area contributed by atoms with Crippen molar-refractivity contribution in [3.63, 3.8) is 0 Å². The van der Waals surface area contributed by atoms with Crippen LogP contribution in [0.5, 0.6) is 0 Å². The standard InChI is InChI=1S/C10H11F3N4O3/c11-10(12,13)6-15-3-1-2-8(9(15)18)16-5-7(4-14-16)17(19)20/h4-5,8H,1-3,6H2/t8-/m0/s1. The molecule has 0 radical (unpaired) electrons. The van der Waals surface area contributed by atoms with Crippen LogP contribution in [0.3, 0.4) is 0 Å². The largest absolute Gasteiger partial charge is 0.406 e. The number of likely N-dealkylation sites (tertiary alicyclic amines) is 1. The number of halogens is 3. The summed E-state index contributed by atoms with van der Waals surface area (Å²) in [4.78, 5) is 22.6. The van der Waals surface area contributed by atoms with Crippen molar-refractivity contribution in [1.82, 2.24) is 14.7 Å². The quantitative estimate of drug-likeness (QED) is 0.624. The molecule has 10 heteroatoms. The van der Waals surface area contributed by atoms with E-state index in [1.54, 1.807) is 0 Å². The summed E-state index contributed by atoms with van der Waals surface area (Å²) in [5, 5.41) is 14.2. The Balaban J connectivity index is 2.15. The molecule has 7 nitrogen and oxygen atoms in total. The molecule has 1 aromatic rings. The first-order valence-electron chi connectivity index (χ1n) is 5.82. The first-order valence-corrected chi connectivity index (χ1v) is 5.82. The van der Waals surface area contributed by atoms with E-state index in [2.05, 4.69) is 5.10 Å². The molecule has 0 aliphatic carbocycles. The number of hydrogen-bond donors (Lipinski definition) is 0. The van der Waals surface area contributed by atoms with Gasteiger partial charge in [0.2, 0.25) is 5.91 Å². The van der Waals surface area contributed by atoms with Crippen molar-refractivity contribution in [2.45, 2.75) is 25.1 Å². The smallest absolute Gasteiger partial charge is 0.332 e. The van der Waals surface area contributed by atoms with Gasteiger partial charge in [-0.05, 0) is 12.8 Å². The molecule has 1 saturated heterocycles.